The molecule has 0 radical (unpaired) electrons. The molecule has 0 aliphatic heterocycles. The maximum atomic E-state index is 11.8. The first-order chi connectivity index (χ1) is 6.68. The molecule has 2 aliphatic carbocycles. The van der Waals surface area contributed by atoms with Crippen LogP contribution in [0, 0.1) is 11.3 Å². The lowest BCUT2D eigenvalue weighted by atomic mass is 9.81. The van der Waals surface area contributed by atoms with Crippen LogP contribution in [-0.2, 0) is 9.53 Å². The lowest BCUT2D eigenvalue weighted by Crippen LogP contribution is -2.29. The Kier molecular flexibility index (Phi) is 2.38. The zero-order valence-electron chi connectivity index (χ0n) is 8.84. The van der Waals surface area contributed by atoms with Crippen LogP contribution in [0.5, 0.6) is 0 Å². The number of hydrogen-bond donors (Lipinski definition) is 0. The van der Waals surface area contributed by atoms with E-state index in [1.54, 1.807) is 0 Å². The van der Waals surface area contributed by atoms with Crippen LogP contribution >= 0.6 is 0 Å². The molecule has 0 heterocycles. The fraction of sp³-hybridized carbons (Fsp3) is 0.750. The quantitative estimate of drug-likeness (QED) is 0.474. The molecule has 2 nitrogen and oxygen atoms in total. The zero-order valence-corrected chi connectivity index (χ0v) is 8.84. The minimum Gasteiger partial charge on any atom is -0.469 e. The van der Waals surface area contributed by atoms with Crippen LogP contribution in [-0.4, -0.2) is 13.1 Å². The van der Waals surface area contributed by atoms with Gasteiger partial charge in [0.1, 0.15) is 0 Å². The number of fused-ring (bicyclic) bond motifs is 2. The number of carbonyl (C=O) groups is 1. The Bertz CT molecular complexity index is 269. The molecule has 2 bridgehead atoms. The van der Waals surface area contributed by atoms with Crippen molar-refractivity contribution in [3.05, 3.63) is 12.2 Å². The summed E-state index contributed by atoms with van der Waals surface area (Å²) in [6, 6.07) is 0. The molecule has 2 atom stereocenters. The molecule has 78 valence electrons. The molecule has 0 N–H and O–H groups in total. The highest BCUT2D eigenvalue weighted by atomic mass is 16.5. The van der Waals surface area contributed by atoms with Crippen molar-refractivity contribution in [1.82, 2.24) is 0 Å². The predicted octanol–water partition coefficient (Wildman–Crippen LogP) is 2.69. The van der Waals surface area contributed by atoms with E-state index >= 15 is 0 Å². The van der Waals surface area contributed by atoms with Crippen LogP contribution in [0.2, 0.25) is 0 Å². The Morgan fingerprint density at radius 1 is 1.57 bits per heavy atom. The standard InChI is InChI=1S/C12H18O2/c1-9-7-12(11(13)14-2)6-4-3-5-10(9)8-12/h10H,1,3-8H2,2H3. The summed E-state index contributed by atoms with van der Waals surface area (Å²) >= 11 is 0. The Labute approximate surface area is 85.3 Å². The molecular weight excluding hydrogens is 176 g/mol. The number of carbonyl (C=O) groups excluding carboxylic acids is 1. The van der Waals surface area contributed by atoms with Gasteiger partial charge in [-0.1, -0.05) is 25.0 Å². The molecule has 0 aromatic heterocycles. The van der Waals surface area contributed by atoms with E-state index in [0.717, 1.165) is 19.3 Å². The second kappa shape index (κ2) is 3.41. The van der Waals surface area contributed by atoms with Crippen molar-refractivity contribution in [2.75, 3.05) is 7.11 Å². The highest BCUT2D eigenvalue weighted by Crippen LogP contribution is 2.52. The minimum atomic E-state index is -0.201. The lowest BCUT2D eigenvalue weighted by Gasteiger charge is -2.24. The van der Waals surface area contributed by atoms with Crippen LogP contribution < -0.4 is 0 Å². The van der Waals surface area contributed by atoms with Crippen LogP contribution in [0.4, 0.5) is 0 Å². The molecule has 2 heteroatoms. The molecule has 0 spiro atoms. The summed E-state index contributed by atoms with van der Waals surface area (Å²) in [4.78, 5) is 11.8. The maximum Gasteiger partial charge on any atom is 0.312 e. The van der Waals surface area contributed by atoms with Crippen molar-refractivity contribution in [3.63, 3.8) is 0 Å². The molecular formula is C12H18O2. The lowest BCUT2D eigenvalue weighted by molar-refractivity contribution is -0.152. The van der Waals surface area contributed by atoms with Crippen LogP contribution in [0.1, 0.15) is 38.5 Å². The molecule has 14 heavy (non-hydrogen) atoms. The largest absolute Gasteiger partial charge is 0.469 e. The number of allylic oxidation sites excluding steroid dienone is 1. The van der Waals surface area contributed by atoms with Gasteiger partial charge >= 0.3 is 5.97 Å². The summed E-state index contributed by atoms with van der Waals surface area (Å²) in [6.45, 7) is 4.09. The smallest absolute Gasteiger partial charge is 0.312 e. The van der Waals surface area contributed by atoms with E-state index in [1.807, 2.05) is 0 Å². The maximum absolute atomic E-state index is 11.8. The summed E-state index contributed by atoms with van der Waals surface area (Å²) in [5.74, 6) is 0.569. The third-order valence-electron chi connectivity index (χ3n) is 3.86. The van der Waals surface area contributed by atoms with Gasteiger partial charge in [0.05, 0.1) is 12.5 Å². The summed E-state index contributed by atoms with van der Waals surface area (Å²) in [5.41, 5.74) is 1.07. The molecule has 2 aliphatic rings. The van der Waals surface area contributed by atoms with E-state index in [0.29, 0.717) is 5.92 Å². The van der Waals surface area contributed by atoms with Gasteiger partial charge in [-0.25, -0.2) is 0 Å². The van der Waals surface area contributed by atoms with E-state index in [2.05, 4.69) is 6.58 Å². The predicted molar refractivity (Wildman–Crippen MR) is 54.8 cm³/mol. The highest BCUT2D eigenvalue weighted by Gasteiger charge is 2.48. The molecule has 0 aromatic rings. The third kappa shape index (κ3) is 1.37. The van der Waals surface area contributed by atoms with E-state index < -0.39 is 0 Å². The van der Waals surface area contributed by atoms with Crippen molar-refractivity contribution in [1.29, 1.82) is 0 Å². The van der Waals surface area contributed by atoms with E-state index in [1.165, 1.54) is 31.9 Å². The first-order valence-corrected chi connectivity index (χ1v) is 5.44. The molecule has 0 saturated heterocycles. The number of rotatable bonds is 1. The van der Waals surface area contributed by atoms with Gasteiger partial charge in [-0.3, -0.25) is 4.79 Å². The molecule has 2 fully saturated rings. The number of methoxy groups -OCH3 is 1. The molecule has 0 aromatic carbocycles. The van der Waals surface area contributed by atoms with Crippen LogP contribution in [0.15, 0.2) is 12.2 Å². The zero-order chi connectivity index (χ0) is 10.2. The van der Waals surface area contributed by atoms with E-state index in [4.69, 9.17) is 4.74 Å². The fourth-order valence-corrected chi connectivity index (χ4v) is 3.09. The molecule has 2 saturated carbocycles. The average Bonchev–Trinajstić information content (AvgIpc) is 2.38. The molecule has 0 amide bonds. The molecule has 2 rings (SSSR count). The van der Waals surface area contributed by atoms with E-state index in [-0.39, 0.29) is 11.4 Å². The van der Waals surface area contributed by atoms with Gasteiger partial charge in [0.2, 0.25) is 0 Å². The number of ether oxygens (including phenoxy) is 1. The second-order valence-corrected chi connectivity index (χ2v) is 4.75. The van der Waals surface area contributed by atoms with Crippen molar-refractivity contribution in [3.8, 4) is 0 Å². The second-order valence-electron chi connectivity index (χ2n) is 4.75. The molecule has 2 unspecified atom stereocenters. The Hall–Kier alpha value is -0.790. The summed E-state index contributed by atoms with van der Waals surface area (Å²) in [7, 11) is 1.50. The van der Waals surface area contributed by atoms with Crippen molar-refractivity contribution in [2.24, 2.45) is 11.3 Å². The van der Waals surface area contributed by atoms with Gasteiger partial charge in [0.25, 0.3) is 0 Å². The van der Waals surface area contributed by atoms with Crippen molar-refractivity contribution in [2.45, 2.75) is 38.5 Å². The van der Waals surface area contributed by atoms with Crippen LogP contribution in [0.3, 0.4) is 0 Å². The summed E-state index contributed by atoms with van der Waals surface area (Å²) < 4.78 is 4.93. The first-order valence-electron chi connectivity index (χ1n) is 5.44. The highest BCUT2D eigenvalue weighted by molar-refractivity contribution is 5.78. The monoisotopic (exact) mass is 194 g/mol. The van der Waals surface area contributed by atoms with Crippen molar-refractivity contribution < 1.29 is 9.53 Å². The normalized spacial score (nSPS) is 36.6. The average molecular weight is 194 g/mol. The van der Waals surface area contributed by atoms with E-state index in [9.17, 15) is 4.79 Å². The van der Waals surface area contributed by atoms with Gasteiger partial charge in [-0.15, -0.1) is 0 Å². The fourth-order valence-electron chi connectivity index (χ4n) is 3.09. The third-order valence-corrected chi connectivity index (χ3v) is 3.86. The Morgan fingerprint density at radius 2 is 2.36 bits per heavy atom. The van der Waals surface area contributed by atoms with Gasteiger partial charge in [0, 0.05) is 0 Å². The first kappa shape index (κ1) is 9.75. The Morgan fingerprint density at radius 3 is 3.07 bits per heavy atom. The number of esters is 1. The van der Waals surface area contributed by atoms with Gasteiger partial charge in [0.15, 0.2) is 0 Å². The minimum absolute atomic E-state index is 0.0111. The topological polar surface area (TPSA) is 26.3 Å². The van der Waals surface area contributed by atoms with Gasteiger partial charge < -0.3 is 4.74 Å². The van der Waals surface area contributed by atoms with Gasteiger partial charge in [-0.2, -0.15) is 0 Å². The van der Waals surface area contributed by atoms with Gasteiger partial charge in [-0.05, 0) is 31.6 Å². The Balaban J connectivity index is 2.25. The SMILES string of the molecule is C=C1CC2(C(=O)OC)CCCCC1C2. The summed E-state index contributed by atoms with van der Waals surface area (Å²) in [5, 5.41) is 0. The number of hydrogen-bond acceptors (Lipinski definition) is 2. The van der Waals surface area contributed by atoms with Crippen LogP contribution in [0.25, 0.3) is 0 Å². The summed E-state index contributed by atoms with van der Waals surface area (Å²) in [6.07, 6.45) is 6.47. The van der Waals surface area contributed by atoms with Crippen molar-refractivity contribution >= 4 is 5.97 Å².